The molecule has 2 aromatic carbocycles. The summed E-state index contributed by atoms with van der Waals surface area (Å²) >= 11 is 1.32. The molecule has 0 bridgehead atoms. The number of rotatable bonds is 9. The topological polar surface area (TPSA) is 87.9 Å². The number of furan rings is 1. The van der Waals surface area contributed by atoms with Gasteiger partial charge in [-0.25, -0.2) is 0 Å². The van der Waals surface area contributed by atoms with Crippen LogP contribution in [-0.2, 0) is 11.3 Å². The molecule has 0 radical (unpaired) electrons. The summed E-state index contributed by atoms with van der Waals surface area (Å²) in [4.78, 5) is 14.7. The number of anilines is 1. The fourth-order valence-electron chi connectivity index (χ4n) is 3.26. The Balaban J connectivity index is 1.55. The minimum atomic E-state index is -0.0924. The van der Waals surface area contributed by atoms with Gasteiger partial charge in [-0.3, -0.25) is 9.36 Å². The Morgan fingerprint density at radius 1 is 1.03 bits per heavy atom. The molecule has 160 valence electrons. The van der Waals surface area contributed by atoms with Crippen LogP contribution >= 0.6 is 11.8 Å². The van der Waals surface area contributed by atoms with Crippen molar-refractivity contribution in [1.82, 2.24) is 14.8 Å². The minimum Gasteiger partial charge on any atom is -0.461 e. The van der Waals surface area contributed by atoms with Crippen LogP contribution in [0.4, 0.5) is 5.69 Å². The molecule has 0 saturated carbocycles. The number of hydrogen-bond donors (Lipinski definition) is 0. The maximum absolute atomic E-state index is 13.0. The number of aromatic nitrogens is 3. The third-order valence-electron chi connectivity index (χ3n) is 4.78. The van der Waals surface area contributed by atoms with Gasteiger partial charge in [0.05, 0.1) is 31.1 Å². The van der Waals surface area contributed by atoms with E-state index in [1.165, 1.54) is 11.8 Å². The minimum absolute atomic E-state index is 0.0924. The van der Waals surface area contributed by atoms with Crippen molar-refractivity contribution >= 4 is 23.4 Å². The zero-order valence-corrected chi connectivity index (χ0v) is 18.1. The average molecular weight is 444 g/mol. The Labute approximate surface area is 190 Å². The van der Waals surface area contributed by atoms with Crippen LogP contribution in [0.2, 0.25) is 0 Å². The van der Waals surface area contributed by atoms with E-state index in [0.29, 0.717) is 29.8 Å². The van der Waals surface area contributed by atoms with Crippen molar-refractivity contribution in [2.45, 2.75) is 18.1 Å². The van der Waals surface area contributed by atoms with Crippen molar-refractivity contribution in [1.29, 1.82) is 5.26 Å². The number of hydrogen-bond acceptors (Lipinski definition) is 6. The molecule has 1 amide bonds. The predicted octanol–water partition coefficient (Wildman–Crippen LogP) is 4.63. The Morgan fingerprint density at radius 3 is 2.47 bits per heavy atom. The zero-order chi connectivity index (χ0) is 22.2. The molecule has 0 aliphatic carbocycles. The molecule has 0 aliphatic rings. The largest absolute Gasteiger partial charge is 0.461 e. The highest BCUT2D eigenvalue weighted by Gasteiger charge is 2.20. The highest BCUT2D eigenvalue weighted by atomic mass is 32.2. The van der Waals surface area contributed by atoms with Crippen molar-refractivity contribution < 1.29 is 9.21 Å². The summed E-state index contributed by atoms with van der Waals surface area (Å²) in [6.45, 7) is 0.894. The van der Waals surface area contributed by atoms with Crippen LogP contribution in [0.5, 0.6) is 0 Å². The van der Waals surface area contributed by atoms with Crippen molar-refractivity contribution in [2.75, 3.05) is 17.2 Å². The third-order valence-corrected chi connectivity index (χ3v) is 5.73. The van der Waals surface area contributed by atoms with Crippen molar-refractivity contribution in [3.63, 3.8) is 0 Å². The van der Waals surface area contributed by atoms with Gasteiger partial charge in [-0.2, -0.15) is 5.26 Å². The number of carbonyl (C=O) groups excluding carboxylic acids is 1. The highest BCUT2D eigenvalue weighted by molar-refractivity contribution is 7.99. The fraction of sp³-hybridized carbons (Fsp3) is 0.167. The average Bonchev–Trinajstić information content (AvgIpc) is 3.49. The maximum atomic E-state index is 13.0. The van der Waals surface area contributed by atoms with E-state index >= 15 is 0 Å². The van der Waals surface area contributed by atoms with E-state index in [1.54, 1.807) is 17.2 Å². The molecule has 32 heavy (non-hydrogen) atoms. The van der Waals surface area contributed by atoms with Crippen LogP contribution < -0.4 is 4.90 Å². The van der Waals surface area contributed by atoms with Gasteiger partial charge < -0.3 is 9.32 Å². The first kappa shape index (κ1) is 21.4. The number of benzene rings is 2. The smallest absolute Gasteiger partial charge is 0.237 e. The van der Waals surface area contributed by atoms with Gasteiger partial charge in [0.15, 0.2) is 10.9 Å². The molecule has 0 aliphatic heterocycles. The van der Waals surface area contributed by atoms with Crippen molar-refractivity contribution in [3.8, 4) is 17.7 Å². The van der Waals surface area contributed by atoms with E-state index in [2.05, 4.69) is 16.3 Å². The Hall–Kier alpha value is -3.83. The van der Waals surface area contributed by atoms with Gasteiger partial charge in [-0.1, -0.05) is 60.3 Å². The molecule has 0 N–H and O–H groups in total. The maximum Gasteiger partial charge on any atom is 0.237 e. The van der Waals surface area contributed by atoms with Gasteiger partial charge in [-0.15, -0.1) is 10.2 Å². The lowest BCUT2D eigenvalue weighted by atomic mass is 10.2. The van der Waals surface area contributed by atoms with Crippen LogP contribution in [0.3, 0.4) is 0 Å². The Morgan fingerprint density at radius 2 is 1.78 bits per heavy atom. The van der Waals surface area contributed by atoms with Crippen LogP contribution in [0.1, 0.15) is 12.0 Å². The van der Waals surface area contributed by atoms with Crippen molar-refractivity contribution in [2.24, 2.45) is 0 Å². The summed E-state index contributed by atoms with van der Waals surface area (Å²) in [5.41, 5.74) is 1.86. The second-order valence-corrected chi connectivity index (χ2v) is 7.88. The van der Waals surface area contributed by atoms with Crippen LogP contribution in [0, 0.1) is 11.3 Å². The van der Waals surface area contributed by atoms with Crippen LogP contribution in [-0.4, -0.2) is 33.0 Å². The van der Waals surface area contributed by atoms with Crippen LogP contribution in [0.15, 0.2) is 88.6 Å². The van der Waals surface area contributed by atoms with Gasteiger partial charge in [-0.05, 0) is 29.8 Å². The lowest BCUT2D eigenvalue weighted by Gasteiger charge is -2.21. The molecule has 0 fully saturated rings. The van der Waals surface area contributed by atoms with E-state index in [4.69, 9.17) is 9.68 Å². The monoisotopic (exact) mass is 443 g/mol. The first-order chi connectivity index (χ1) is 15.8. The molecule has 8 heteroatoms. The summed E-state index contributed by atoms with van der Waals surface area (Å²) in [7, 11) is 0. The Kier molecular flexibility index (Phi) is 7.00. The SMILES string of the molecule is N#CCCN(C(=O)CSc1nnc(-c2ccco2)n1Cc1ccccc1)c1ccccc1. The molecule has 0 spiro atoms. The first-order valence-corrected chi connectivity index (χ1v) is 11.1. The molecule has 4 aromatic rings. The first-order valence-electron chi connectivity index (χ1n) is 10.1. The summed E-state index contributed by atoms with van der Waals surface area (Å²) in [5.74, 6) is 1.31. The van der Waals surface area contributed by atoms with E-state index in [-0.39, 0.29) is 18.1 Å². The van der Waals surface area contributed by atoms with E-state index in [1.807, 2.05) is 71.3 Å². The lowest BCUT2D eigenvalue weighted by Crippen LogP contribution is -2.33. The molecular weight excluding hydrogens is 422 g/mol. The van der Waals surface area contributed by atoms with Crippen LogP contribution in [0.25, 0.3) is 11.6 Å². The predicted molar refractivity (Wildman–Crippen MR) is 123 cm³/mol. The molecule has 2 heterocycles. The molecule has 2 aromatic heterocycles. The normalized spacial score (nSPS) is 10.6. The van der Waals surface area contributed by atoms with Gasteiger partial charge in [0, 0.05) is 12.2 Å². The summed E-state index contributed by atoms with van der Waals surface area (Å²) in [6, 6.07) is 25.1. The number of nitrogens with zero attached hydrogens (tertiary/aromatic N) is 5. The highest BCUT2D eigenvalue weighted by Crippen LogP contribution is 2.26. The summed E-state index contributed by atoms with van der Waals surface area (Å²) in [6.07, 6.45) is 1.86. The quantitative estimate of drug-likeness (QED) is 0.351. The van der Waals surface area contributed by atoms with Gasteiger partial charge in [0.1, 0.15) is 0 Å². The molecular formula is C24H21N5O2S. The molecule has 0 saturated heterocycles. The Bertz CT molecular complexity index is 1180. The standard InChI is InChI=1S/C24H21N5O2S/c25-14-8-15-28(20-11-5-2-6-12-20)22(30)18-32-24-27-26-23(21-13-7-16-31-21)29(24)17-19-9-3-1-4-10-19/h1-7,9-13,16H,8,15,17-18H2. The third kappa shape index (κ3) is 5.07. The number of carbonyl (C=O) groups is 1. The number of thioether (sulfide) groups is 1. The lowest BCUT2D eigenvalue weighted by molar-refractivity contribution is -0.116. The van der Waals surface area contributed by atoms with E-state index in [0.717, 1.165) is 11.3 Å². The van der Waals surface area contributed by atoms with Gasteiger partial charge in [0.25, 0.3) is 0 Å². The van der Waals surface area contributed by atoms with Gasteiger partial charge >= 0.3 is 0 Å². The molecule has 7 nitrogen and oxygen atoms in total. The summed E-state index contributed by atoms with van der Waals surface area (Å²) in [5, 5.41) is 18.3. The number of nitriles is 1. The number of para-hydroxylation sites is 1. The van der Waals surface area contributed by atoms with E-state index in [9.17, 15) is 4.79 Å². The molecule has 0 atom stereocenters. The summed E-state index contributed by atoms with van der Waals surface area (Å²) < 4.78 is 7.49. The van der Waals surface area contributed by atoms with E-state index < -0.39 is 0 Å². The molecule has 0 unspecified atom stereocenters. The second kappa shape index (κ2) is 10.5. The van der Waals surface area contributed by atoms with Crippen molar-refractivity contribution in [3.05, 3.63) is 84.6 Å². The second-order valence-electron chi connectivity index (χ2n) is 6.93. The van der Waals surface area contributed by atoms with Gasteiger partial charge in [0.2, 0.25) is 11.7 Å². The fourth-order valence-corrected chi connectivity index (χ4v) is 4.08. The molecule has 4 rings (SSSR count). The zero-order valence-electron chi connectivity index (χ0n) is 17.3. The number of amides is 1.